The lowest BCUT2D eigenvalue weighted by atomic mass is 10.1. The summed E-state index contributed by atoms with van der Waals surface area (Å²) in [5, 5.41) is 14.0. The molecule has 0 bridgehead atoms. The van der Waals surface area contributed by atoms with Crippen LogP contribution < -0.4 is 15.2 Å². The molecular weight excluding hydrogens is 318 g/mol. The van der Waals surface area contributed by atoms with Crippen molar-refractivity contribution in [3.8, 4) is 5.75 Å². The van der Waals surface area contributed by atoms with E-state index in [2.05, 4.69) is 5.32 Å². The maximum Gasteiger partial charge on any atom is 0.255 e. The number of carbonyl (C=O) groups excluding carboxylic acids is 2. The molecule has 0 aliphatic carbocycles. The van der Waals surface area contributed by atoms with E-state index < -0.39 is 12.1 Å². The van der Waals surface area contributed by atoms with Gasteiger partial charge in [-0.1, -0.05) is 11.6 Å². The Kier molecular flexibility index (Phi) is 5.24. The number of halogens is 1. The molecule has 0 saturated heterocycles. The zero-order chi connectivity index (χ0) is 17.0. The third kappa shape index (κ3) is 4.47. The average molecular weight is 333 g/mol. The molecule has 5 nitrogen and oxygen atoms in total. The quantitative estimate of drug-likeness (QED) is 0.912. The average Bonchev–Trinajstić information content (AvgIpc) is 2.50. The summed E-state index contributed by atoms with van der Waals surface area (Å²) in [5.41, 5.74) is 1.95. The molecule has 0 fully saturated rings. The highest BCUT2D eigenvalue weighted by Gasteiger charge is 2.09. The first-order chi connectivity index (χ1) is 10.9. The van der Waals surface area contributed by atoms with Crippen LogP contribution in [-0.2, 0) is 4.79 Å². The second kappa shape index (κ2) is 7.15. The Balaban J connectivity index is 2.06. The zero-order valence-corrected chi connectivity index (χ0v) is 13.4. The Hall–Kier alpha value is -2.53. The van der Waals surface area contributed by atoms with Crippen LogP contribution in [-0.4, -0.2) is 18.0 Å². The number of anilines is 1. The third-order valence-corrected chi connectivity index (χ3v) is 3.43. The Morgan fingerprint density at radius 2 is 1.83 bits per heavy atom. The van der Waals surface area contributed by atoms with E-state index in [9.17, 15) is 14.7 Å². The summed E-state index contributed by atoms with van der Waals surface area (Å²) in [4.78, 5) is 22.8. The number of aliphatic carboxylic acids is 1. The molecule has 1 amide bonds. The summed E-state index contributed by atoms with van der Waals surface area (Å²) in [6.07, 6.45) is -1.06. The first-order valence-corrected chi connectivity index (χ1v) is 7.29. The number of ether oxygens (including phenoxy) is 1. The Morgan fingerprint density at radius 3 is 2.39 bits per heavy atom. The summed E-state index contributed by atoms with van der Waals surface area (Å²) >= 11 is 5.88. The lowest BCUT2D eigenvalue weighted by molar-refractivity contribution is -0.312. The molecule has 0 heterocycles. The van der Waals surface area contributed by atoms with Gasteiger partial charge in [-0.05, 0) is 61.9 Å². The van der Waals surface area contributed by atoms with E-state index in [1.165, 1.54) is 19.1 Å². The number of benzene rings is 2. The van der Waals surface area contributed by atoms with Gasteiger partial charge in [-0.15, -0.1) is 0 Å². The summed E-state index contributed by atoms with van der Waals surface area (Å²) in [6, 6.07) is 11.4. The molecule has 1 N–H and O–H groups in total. The van der Waals surface area contributed by atoms with Crippen LogP contribution in [0.3, 0.4) is 0 Å². The Bertz CT molecular complexity index is 728. The highest BCUT2D eigenvalue weighted by Crippen LogP contribution is 2.21. The van der Waals surface area contributed by atoms with Gasteiger partial charge in [0.25, 0.3) is 5.91 Å². The number of rotatable bonds is 5. The minimum absolute atomic E-state index is 0.282. The SMILES string of the molecule is Cc1cc(Cl)ccc1NC(=O)c1ccc(O[C@H](C)C(=O)[O-])cc1. The van der Waals surface area contributed by atoms with Crippen molar-refractivity contribution in [3.63, 3.8) is 0 Å². The fraction of sp³-hybridized carbons (Fsp3) is 0.176. The molecule has 23 heavy (non-hydrogen) atoms. The largest absolute Gasteiger partial charge is 0.546 e. The van der Waals surface area contributed by atoms with E-state index >= 15 is 0 Å². The highest BCUT2D eigenvalue weighted by molar-refractivity contribution is 6.30. The van der Waals surface area contributed by atoms with Gasteiger partial charge in [0.2, 0.25) is 0 Å². The molecule has 0 aliphatic heterocycles. The van der Waals surface area contributed by atoms with Crippen LogP contribution in [0.4, 0.5) is 5.69 Å². The van der Waals surface area contributed by atoms with Gasteiger partial charge < -0.3 is 20.0 Å². The van der Waals surface area contributed by atoms with E-state index in [1.807, 2.05) is 6.92 Å². The van der Waals surface area contributed by atoms with Crippen LogP contribution in [0.2, 0.25) is 5.02 Å². The molecular formula is C17H15ClNO4-. The lowest BCUT2D eigenvalue weighted by Crippen LogP contribution is -2.37. The molecule has 6 heteroatoms. The number of amides is 1. The second-order valence-corrected chi connectivity index (χ2v) is 5.45. The fourth-order valence-corrected chi connectivity index (χ4v) is 2.13. The van der Waals surface area contributed by atoms with Crippen LogP contribution in [0.15, 0.2) is 42.5 Å². The second-order valence-electron chi connectivity index (χ2n) is 5.02. The number of carboxylic acid groups (broad SMARTS) is 1. The standard InChI is InChI=1S/C17H16ClNO4/c1-10-9-13(18)5-8-15(10)19-16(20)12-3-6-14(7-4-12)23-11(2)17(21)22/h3-9,11H,1-2H3,(H,19,20)(H,21,22)/p-1/t11-/m1/s1. The van der Waals surface area contributed by atoms with Gasteiger partial charge in [0.15, 0.2) is 0 Å². The monoisotopic (exact) mass is 332 g/mol. The minimum atomic E-state index is -1.30. The van der Waals surface area contributed by atoms with Gasteiger partial charge in [0, 0.05) is 16.3 Å². The van der Waals surface area contributed by atoms with Crippen molar-refractivity contribution in [2.24, 2.45) is 0 Å². The smallest absolute Gasteiger partial charge is 0.255 e. The Morgan fingerprint density at radius 1 is 1.17 bits per heavy atom. The first kappa shape index (κ1) is 16.8. The first-order valence-electron chi connectivity index (χ1n) is 6.92. The number of aryl methyl sites for hydroxylation is 1. The van der Waals surface area contributed by atoms with Crippen LogP contribution >= 0.6 is 11.6 Å². The molecule has 2 aromatic carbocycles. The number of nitrogens with one attached hydrogen (secondary N) is 1. The van der Waals surface area contributed by atoms with E-state index in [0.29, 0.717) is 22.0 Å². The molecule has 0 unspecified atom stereocenters. The van der Waals surface area contributed by atoms with Crippen LogP contribution in [0.25, 0.3) is 0 Å². The van der Waals surface area contributed by atoms with Gasteiger partial charge in [-0.25, -0.2) is 0 Å². The van der Waals surface area contributed by atoms with Crippen molar-refractivity contribution in [3.05, 3.63) is 58.6 Å². The van der Waals surface area contributed by atoms with Crippen molar-refractivity contribution < 1.29 is 19.4 Å². The van der Waals surface area contributed by atoms with Gasteiger partial charge in [0.05, 0.1) is 5.97 Å². The topological polar surface area (TPSA) is 78.5 Å². The molecule has 2 aromatic rings. The Labute approximate surface area is 138 Å². The summed E-state index contributed by atoms with van der Waals surface area (Å²) < 4.78 is 5.15. The minimum Gasteiger partial charge on any atom is -0.546 e. The van der Waals surface area contributed by atoms with Crippen LogP contribution in [0.1, 0.15) is 22.8 Å². The van der Waals surface area contributed by atoms with E-state index in [-0.39, 0.29) is 5.91 Å². The normalized spacial score (nSPS) is 11.6. The highest BCUT2D eigenvalue weighted by atomic mass is 35.5. The van der Waals surface area contributed by atoms with Crippen LogP contribution in [0, 0.1) is 6.92 Å². The maximum atomic E-state index is 12.2. The van der Waals surface area contributed by atoms with Crippen molar-refractivity contribution in [1.82, 2.24) is 0 Å². The third-order valence-electron chi connectivity index (χ3n) is 3.20. The molecule has 0 radical (unpaired) electrons. The van der Waals surface area contributed by atoms with Gasteiger partial charge in [-0.2, -0.15) is 0 Å². The van der Waals surface area contributed by atoms with Crippen molar-refractivity contribution in [2.75, 3.05) is 5.32 Å². The van der Waals surface area contributed by atoms with Crippen LogP contribution in [0.5, 0.6) is 5.75 Å². The maximum absolute atomic E-state index is 12.2. The molecule has 1 atom stereocenters. The van der Waals surface area contributed by atoms with Crippen molar-refractivity contribution >= 4 is 29.2 Å². The molecule has 0 spiro atoms. The number of hydrogen-bond donors (Lipinski definition) is 1. The lowest BCUT2D eigenvalue weighted by Gasteiger charge is -2.15. The predicted octanol–water partition coefficient (Wildman–Crippen LogP) is 2.42. The number of carboxylic acids is 1. The summed E-state index contributed by atoms with van der Waals surface area (Å²) in [6.45, 7) is 3.22. The number of hydrogen-bond acceptors (Lipinski definition) is 4. The molecule has 0 saturated carbocycles. The van der Waals surface area contributed by atoms with Crippen molar-refractivity contribution in [1.29, 1.82) is 0 Å². The van der Waals surface area contributed by atoms with Gasteiger partial charge >= 0.3 is 0 Å². The van der Waals surface area contributed by atoms with Gasteiger partial charge in [0.1, 0.15) is 11.9 Å². The molecule has 120 valence electrons. The van der Waals surface area contributed by atoms with Crippen molar-refractivity contribution in [2.45, 2.75) is 20.0 Å². The molecule has 2 rings (SSSR count). The van der Waals surface area contributed by atoms with Gasteiger partial charge in [-0.3, -0.25) is 4.79 Å². The van der Waals surface area contributed by atoms with E-state index in [1.54, 1.807) is 30.3 Å². The zero-order valence-electron chi connectivity index (χ0n) is 12.6. The number of carbonyl (C=O) groups is 2. The van der Waals surface area contributed by atoms with E-state index in [0.717, 1.165) is 5.56 Å². The molecule has 0 aromatic heterocycles. The summed E-state index contributed by atoms with van der Waals surface area (Å²) in [5.74, 6) is -1.24. The molecule has 0 aliphatic rings. The summed E-state index contributed by atoms with van der Waals surface area (Å²) in [7, 11) is 0. The van der Waals surface area contributed by atoms with E-state index in [4.69, 9.17) is 16.3 Å². The fourth-order valence-electron chi connectivity index (χ4n) is 1.90. The predicted molar refractivity (Wildman–Crippen MR) is 85.7 cm³/mol.